The van der Waals surface area contributed by atoms with Crippen molar-refractivity contribution in [2.45, 2.75) is 38.0 Å². The van der Waals surface area contributed by atoms with E-state index >= 15 is 0 Å². The van der Waals surface area contributed by atoms with Crippen molar-refractivity contribution in [1.29, 1.82) is 0 Å². The highest BCUT2D eigenvalue weighted by atomic mass is 19.1. The van der Waals surface area contributed by atoms with Gasteiger partial charge in [0.15, 0.2) is 6.10 Å². The third-order valence-corrected chi connectivity index (χ3v) is 3.41. The Morgan fingerprint density at radius 1 is 1.53 bits per heavy atom. The van der Waals surface area contributed by atoms with Crippen LogP contribution in [-0.2, 0) is 9.53 Å². The maximum absolute atomic E-state index is 13.6. The van der Waals surface area contributed by atoms with E-state index in [1.165, 1.54) is 6.07 Å². The zero-order chi connectivity index (χ0) is 13.8. The van der Waals surface area contributed by atoms with Gasteiger partial charge < -0.3 is 15.2 Å². The third kappa shape index (κ3) is 3.52. The lowest BCUT2D eigenvalue weighted by atomic mass is 10.1. The number of benzene rings is 1. The predicted molar refractivity (Wildman–Crippen MR) is 68.3 cm³/mol. The van der Waals surface area contributed by atoms with Crippen molar-refractivity contribution >= 4 is 5.97 Å². The van der Waals surface area contributed by atoms with Gasteiger partial charge in [0.25, 0.3) is 0 Å². The molecule has 0 aromatic heterocycles. The van der Waals surface area contributed by atoms with Gasteiger partial charge in [0.05, 0.1) is 6.10 Å². The van der Waals surface area contributed by atoms with Crippen molar-refractivity contribution in [2.24, 2.45) is 0 Å². The fourth-order valence-corrected chi connectivity index (χ4v) is 2.28. The van der Waals surface area contributed by atoms with Gasteiger partial charge in [0.2, 0.25) is 0 Å². The molecule has 4 nitrogen and oxygen atoms in total. The van der Waals surface area contributed by atoms with E-state index in [9.17, 15) is 9.18 Å². The first kappa shape index (κ1) is 14.0. The van der Waals surface area contributed by atoms with E-state index in [0.717, 1.165) is 0 Å². The van der Waals surface area contributed by atoms with Crippen LogP contribution >= 0.6 is 0 Å². The zero-order valence-electron chi connectivity index (χ0n) is 10.8. The van der Waals surface area contributed by atoms with Crippen LogP contribution in [-0.4, -0.2) is 29.8 Å². The van der Waals surface area contributed by atoms with Crippen molar-refractivity contribution in [2.75, 3.05) is 6.54 Å². The number of ether oxygens (including phenoxy) is 1. The summed E-state index contributed by atoms with van der Waals surface area (Å²) < 4.78 is 18.9. The Kier molecular flexibility index (Phi) is 4.50. The van der Waals surface area contributed by atoms with Crippen molar-refractivity contribution in [3.63, 3.8) is 0 Å². The topological polar surface area (TPSA) is 58.6 Å². The summed E-state index contributed by atoms with van der Waals surface area (Å²) in [6.45, 7) is 2.40. The molecule has 104 valence electrons. The van der Waals surface area contributed by atoms with Gasteiger partial charge in [0.1, 0.15) is 5.82 Å². The minimum absolute atomic E-state index is 0.115. The molecule has 19 heavy (non-hydrogen) atoms. The number of hydrogen-bond donors (Lipinski definition) is 2. The lowest BCUT2D eigenvalue weighted by Crippen LogP contribution is -2.31. The molecule has 0 amide bonds. The average Bonchev–Trinajstić information content (AvgIpc) is 2.85. The van der Waals surface area contributed by atoms with Crippen LogP contribution < -0.4 is 5.32 Å². The molecule has 1 aliphatic rings. The minimum atomic E-state index is -0.912. The van der Waals surface area contributed by atoms with Gasteiger partial charge in [-0.3, -0.25) is 0 Å². The molecule has 1 saturated heterocycles. The van der Waals surface area contributed by atoms with Gasteiger partial charge in [-0.25, -0.2) is 9.18 Å². The summed E-state index contributed by atoms with van der Waals surface area (Å²) in [6, 6.07) is 6.49. The molecule has 0 saturated carbocycles. The molecule has 1 aromatic carbocycles. The Morgan fingerprint density at radius 3 is 2.89 bits per heavy atom. The minimum Gasteiger partial charge on any atom is -0.479 e. The summed E-state index contributed by atoms with van der Waals surface area (Å²) in [6.07, 6.45) is 0.440. The highest BCUT2D eigenvalue weighted by Gasteiger charge is 2.30. The Bertz CT molecular complexity index is 452. The number of hydrogen-bond acceptors (Lipinski definition) is 3. The molecule has 1 heterocycles. The molecule has 1 aromatic rings. The molecule has 0 spiro atoms. The van der Waals surface area contributed by atoms with Crippen molar-refractivity contribution < 1.29 is 19.0 Å². The van der Waals surface area contributed by atoms with Gasteiger partial charge >= 0.3 is 5.97 Å². The Morgan fingerprint density at radius 2 is 2.26 bits per heavy atom. The number of carboxylic acid groups (broad SMARTS) is 1. The summed E-state index contributed by atoms with van der Waals surface area (Å²) in [5.41, 5.74) is 0.607. The highest BCUT2D eigenvalue weighted by molar-refractivity contribution is 5.72. The normalized spacial score (nSPS) is 24.3. The lowest BCUT2D eigenvalue weighted by Gasteiger charge is -2.18. The van der Waals surface area contributed by atoms with E-state index in [4.69, 9.17) is 9.84 Å². The molecule has 2 rings (SSSR count). The number of aliphatic carboxylic acids is 1. The second-order valence-corrected chi connectivity index (χ2v) is 4.81. The number of halogens is 1. The summed E-state index contributed by atoms with van der Waals surface area (Å²) in [5, 5.41) is 12.0. The molecular weight excluding hydrogens is 249 g/mol. The highest BCUT2D eigenvalue weighted by Crippen LogP contribution is 2.21. The Hall–Kier alpha value is -1.46. The van der Waals surface area contributed by atoms with Crippen LogP contribution in [0.5, 0.6) is 0 Å². The second kappa shape index (κ2) is 6.12. The Balaban J connectivity index is 1.83. The molecule has 0 bridgehead atoms. The number of carboxylic acids is 1. The van der Waals surface area contributed by atoms with Crippen LogP contribution in [0, 0.1) is 5.82 Å². The maximum atomic E-state index is 13.6. The number of nitrogens with one attached hydrogen (secondary N) is 1. The summed E-state index contributed by atoms with van der Waals surface area (Å²) >= 11 is 0. The zero-order valence-corrected chi connectivity index (χ0v) is 10.8. The Labute approximate surface area is 111 Å². The average molecular weight is 267 g/mol. The van der Waals surface area contributed by atoms with Crippen LogP contribution in [0.4, 0.5) is 4.39 Å². The SMILES string of the molecule is CC(NCC1CCC(C(=O)O)O1)c1ccccc1F. The third-order valence-electron chi connectivity index (χ3n) is 3.41. The predicted octanol–water partition coefficient (Wildman–Crippen LogP) is 2.11. The fraction of sp³-hybridized carbons (Fsp3) is 0.500. The summed E-state index contributed by atoms with van der Waals surface area (Å²) in [5.74, 6) is -1.15. The summed E-state index contributed by atoms with van der Waals surface area (Å²) in [7, 11) is 0. The number of rotatable bonds is 5. The van der Waals surface area contributed by atoms with Crippen molar-refractivity contribution in [3.8, 4) is 0 Å². The van der Waals surface area contributed by atoms with Crippen molar-refractivity contribution in [1.82, 2.24) is 5.32 Å². The quantitative estimate of drug-likeness (QED) is 0.858. The summed E-state index contributed by atoms with van der Waals surface area (Å²) in [4.78, 5) is 10.8. The molecule has 5 heteroatoms. The van der Waals surface area contributed by atoms with E-state index in [1.807, 2.05) is 6.92 Å². The van der Waals surface area contributed by atoms with Gasteiger partial charge in [0, 0.05) is 18.2 Å². The molecular formula is C14H18FNO3. The monoisotopic (exact) mass is 267 g/mol. The molecule has 0 radical (unpaired) electrons. The maximum Gasteiger partial charge on any atom is 0.332 e. The largest absolute Gasteiger partial charge is 0.479 e. The molecule has 1 fully saturated rings. The number of carbonyl (C=O) groups is 1. The first-order valence-electron chi connectivity index (χ1n) is 6.44. The van der Waals surface area contributed by atoms with Crippen LogP contribution in [0.2, 0.25) is 0 Å². The standard InChI is InChI=1S/C14H18FNO3/c1-9(11-4-2-3-5-12(11)15)16-8-10-6-7-13(19-10)14(17)18/h2-5,9-10,13,16H,6-8H2,1H3,(H,17,18). The van der Waals surface area contributed by atoms with E-state index in [0.29, 0.717) is 24.9 Å². The fourth-order valence-electron chi connectivity index (χ4n) is 2.28. The van der Waals surface area contributed by atoms with Crippen LogP contribution in [0.15, 0.2) is 24.3 Å². The van der Waals surface area contributed by atoms with Crippen molar-refractivity contribution in [3.05, 3.63) is 35.6 Å². The van der Waals surface area contributed by atoms with Gasteiger partial charge in [-0.05, 0) is 25.8 Å². The van der Waals surface area contributed by atoms with Gasteiger partial charge in [-0.1, -0.05) is 18.2 Å². The second-order valence-electron chi connectivity index (χ2n) is 4.81. The van der Waals surface area contributed by atoms with E-state index in [2.05, 4.69) is 5.32 Å². The molecule has 0 aliphatic carbocycles. The van der Waals surface area contributed by atoms with E-state index in [-0.39, 0.29) is 18.0 Å². The smallest absolute Gasteiger partial charge is 0.332 e. The molecule has 2 N–H and O–H groups in total. The van der Waals surface area contributed by atoms with Crippen LogP contribution in [0.25, 0.3) is 0 Å². The van der Waals surface area contributed by atoms with Gasteiger partial charge in [-0.15, -0.1) is 0 Å². The van der Waals surface area contributed by atoms with E-state index < -0.39 is 12.1 Å². The van der Waals surface area contributed by atoms with Crippen LogP contribution in [0.3, 0.4) is 0 Å². The first-order chi connectivity index (χ1) is 9.08. The van der Waals surface area contributed by atoms with E-state index in [1.54, 1.807) is 18.2 Å². The molecule has 3 atom stereocenters. The van der Waals surface area contributed by atoms with Gasteiger partial charge in [-0.2, -0.15) is 0 Å². The molecule has 3 unspecified atom stereocenters. The lowest BCUT2D eigenvalue weighted by molar-refractivity contribution is -0.149. The first-order valence-corrected chi connectivity index (χ1v) is 6.44. The molecule has 1 aliphatic heterocycles. The van der Waals surface area contributed by atoms with Crippen LogP contribution in [0.1, 0.15) is 31.4 Å².